The lowest BCUT2D eigenvalue weighted by Crippen LogP contribution is -2.11. The molecule has 4 heterocycles. The molecule has 0 saturated heterocycles. The molecule has 1 aromatic carbocycles. The van der Waals surface area contributed by atoms with E-state index in [4.69, 9.17) is 18.8 Å². The second-order valence-electron chi connectivity index (χ2n) is 5.87. The van der Waals surface area contributed by atoms with Crippen LogP contribution in [0.15, 0.2) is 75.4 Å². The molecule has 0 saturated carbocycles. The van der Waals surface area contributed by atoms with Gasteiger partial charge in [0.15, 0.2) is 16.7 Å². The predicted molar refractivity (Wildman–Crippen MR) is 105 cm³/mol. The Morgan fingerprint density at radius 3 is 2.25 bits per heavy atom. The van der Waals surface area contributed by atoms with E-state index in [1.54, 1.807) is 60.5 Å². The van der Waals surface area contributed by atoms with Crippen LogP contribution in [-0.4, -0.2) is 20.9 Å². The number of fused-ring (bicyclic) bond motifs is 1. The van der Waals surface area contributed by atoms with Gasteiger partial charge in [0.1, 0.15) is 11.4 Å². The molecule has 0 bridgehead atoms. The van der Waals surface area contributed by atoms with Crippen molar-refractivity contribution in [1.82, 2.24) is 15.0 Å². The zero-order valence-corrected chi connectivity index (χ0v) is 15.1. The first-order valence-corrected chi connectivity index (χ1v) is 9.26. The molecule has 7 nitrogen and oxygen atoms in total. The standard InChI is InChI=1S/C20H12N4O3S/c25-19(24-20-21-7-10-28-20)12-5-6-13-14(11-12)23-18(16-4-2-9-27-16)17(22-13)15-3-1-8-26-15/h1-11H,(H,21,24,25). The lowest BCUT2D eigenvalue weighted by molar-refractivity contribution is 0.102. The molecule has 5 rings (SSSR count). The van der Waals surface area contributed by atoms with Gasteiger partial charge in [0.25, 0.3) is 5.91 Å². The van der Waals surface area contributed by atoms with Crippen LogP contribution in [0.5, 0.6) is 0 Å². The van der Waals surface area contributed by atoms with E-state index >= 15 is 0 Å². The molecule has 0 spiro atoms. The Bertz CT molecular complexity index is 1250. The molecule has 1 amide bonds. The van der Waals surface area contributed by atoms with E-state index in [0.717, 1.165) is 0 Å². The lowest BCUT2D eigenvalue weighted by atomic mass is 10.1. The fourth-order valence-electron chi connectivity index (χ4n) is 2.82. The average Bonchev–Trinajstić information content (AvgIpc) is 3.50. The van der Waals surface area contributed by atoms with Crippen LogP contribution in [0.3, 0.4) is 0 Å². The second-order valence-corrected chi connectivity index (χ2v) is 6.76. The minimum Gasteiger partial charge on any atom is -0.463 e. The summed E-state index contributed by atoms with van der Waals surface area (Å²) in [6, 6.07) is 12.4. The van der Waals surface area contributed by atoms with Crippen LogP contribution >= 0.6 is 11.3 Å². The van der Waals surface area contributed by atoms with E-state index in [9.17, 15) is 4.79 Å². The molecule has 0 atom stereocenters. The Morgan fingerprint density at radius 1 is 0.929 bits per heavy atom. The maximum atomic E-state index is 12.5. The lowest BCUT2D eigenvalue weighted by Gasteiger charge is -2.08. The summed E-state index contributed by atoms with van der Waals surface area (Å²) in [5, 5.41) is 5.11. The summed E-state index contributed by atoms with van der Waals surface area (Å²) in [4.78, 5) is 26.0. The number of amides is 1. The van der Waals surface area contributed by atoms with Gasteiger partial charge in [0, 0.05) is 17.1 Å². The molecule has 136 valence electrons. The zero-order valence-electron chi connectivity index (χ0n) is 14.3. The summed E-state index contributed by atoms with van der Waals surface area (Å²) in [5.41, 5.74) is 2.81. The number of nitrogens with zero attached hydrogens (tertiary/aromatic N) is 3. The average molecular weight is 388 g/mol. The summed E-state index contributed by atoms with van der Waals surface area (Å²) in [6.45, 7) is 0. The van der Waals surface area contributed by atoms with Gasteiger partial charge in [-0.25, -0.2) is 15.0 Å². The van der Waals surface area contributed by atoms with Crippen LogP contribution in [0.4, 0.5) is 5.13 Å². The molecule has 0 unspecified atom stereocenters. The summed E-state index contributed by atoms with van der Waals surface area (Å²) in [5.74, 6) is 0.901. The van der Waals surface area contributed by atoms with Gasteiger partial charge < -0.3 is 8.83 Å². The number of aromatic nitrogens is 3. The van der Waals surface area contributed by atoms with Crippen LogP contribution in [-0.2, 0) is 0 Å². The number of rotatable bonds is 4. The van der Waals surface area contributed by atoms with Crippen molar-refractivity contribution in [1.29, 1.82) is 0 Å². The number of furan rings is 2. The number of hydrogen-bond acceptors (Lipinski definition) is 7. The third-order valence-corrected chi connectivity index (χ3v) is 4.78. The minimum absolute atomic E-state index is 0.256. The number of anilines is 1. The van der Waals surface area contributed by atoms with Crippen LogP contribution in [0.1, 0.15) is 10.4 Å². The second kappa shape index (κ2) is 6.75. The van der Waals surface area contributed by atoms with Crippen molar-refractivity contribution in [2.75, 3.05) is 5.32 Å². The molecule has 28 heavy (non-hydrogen) atoms. The quantitative estimate of drug-likeness (QED) is 0.472. The number of carbonyl (C=O) groups is 1. The highest BCUT2D eigenvalue weighted by Gasteiger charge is 2.18. The van der Waals surface area contributed by atoms with E-state index in [2.05, 4.69) is 10.3 Å². The van der Waals surface area contributed by atoms with Crippen molar-refractivity contribution in [3.63, 3.8) is 0 Å². The molecule has 0 aliphatic heterocycles. The van der Waals surface area contributed by atoms with Gasteiger partial charge in [-0.15, -0.1) is 11.3 Å². The normalized spacial score (nSPS) is 11.0. The van der Waals surface area contributed by atoms with Crippen LogP contribution in [0, 0.1) is 0 Å². The highest BCUT2D eigenvalue weighted by atomic mass is 32.1. The van der Waals surface area contributed by atoms with Crippen molar-refractivity contribution in [3.05, 3.63) is 72.1 Å². The molecular formula is C20H12N4O3S. The molecule has 0 radical (unpaired) electrons. The molecule has 0 aliphatic carbocycles. The van der Waals surface area contributed by atoms with Crippen molar-refractivity contribution in [3.8, 4) is 22.9 Å². The molecule has 1 N–H and O–H groups in total. The SMILES string of the molecule is O=C(Nc1nccs1)c1ccc2nc(-c3ccco3)c(-c3ccco3)nc2c1. The van der Waals surface area contributed by atoms with Gasteiger partial charge in [-0.2, -0.15) is 0 Å². The number of carbonyl (C=O) groups excluding carboxylic acids is 1. The summed E-state index contributed by atoms with van der Waals surface area (Å²) in [6.07, 6.45) is 4.79. The molecule has 4 aromatic heterocycles. The van der Waals surface area contributed by atoms with Crippen molar-refractivity contribution >= 4 is 33.4 Å². The highest BCUT2D eigenvalue weighted by molar-refractivity contribution is 7.13. The first-order valence-electron chi connectivity index (χ1n) is 8.38. The molecule has 0 aliphatic rings. The molecular weight excluding hydrogens is 376 g/mol. The maximum absolute atomic E-state index is 12.5. The predicted octanol–water partition coefficient (Wildman–Crippen LogP) is 4.86. The summed E-state index contributed by atoms with van der Waals surface area (Å²) in [7, 11) is 0. The van der Waals surface area contributed by atoms with Crippen LogP contribution < -0.4 is 5.32 Å². The fraction of sp³-hybridized carbons (Fsp3) is 0. The summed E-state index contributed by atoms with van der Waals surface area (Å²) < 4.78 is 11.0. The third kappa shape index (κ3) is 2.95. The van der Waals surface area contributed by atoms with Crippen molar-refractivity contribution < 1.29 is 13.6 Å². The Labute approximate surface area is 162 Å². The molecule has 5 aromatic rings. The Kier molecular flexibility index (Phi) is 3.95. The maximum Gasteiger partial charge on any atom is 0.257 e. The van der Waals surface area contributed by atoms with E-state index in [1.807, 2.05) is 6.07 Å². The van der Waals surface area contributed by atoms with Gasteiger partial charge in [-0.3, -0.25) is 10.1 Å². The molecule has 8 heteroatoms. The smallest absolute Gasteiger partial charge is 0.257 e. The Balaban J connectivity index is 1.61. The fourth-order valence-corrected chi connectivity index (χ4v) is 3.34. The minimum atomic E-state index is -0.256. The summed E-state index contributed by atoms with van der Waals surface area (Å²) >= 11 is 1.36. The number of benzene rings is 1. The van der Waals surface area contributed by atoms with E-state index in [1.165, 1.54) is 11.3 Å². The monoisotopic (exact) mass is 388 g/mol. The third-order valence-electron chi connectivity index (χ3n) is 4.09. The van der Waals surface area contributed by atoms with Crippen molar-refractivity contribution in [2.45, 2.75) is 0 Å². The highest BCUT2D eigenvalue weighted by Crippen LogP contribution is 2.31. The van der Waals surface area contributed by atoms with Gasteiger partial charge in [-0.1, -0.05) is 0 Å². The van der Waals surface area contributed by atoms with Crippen LogP contribution in [0.25, 0.3) is 33.9 Å². The largest absolute Gasteiger partial charge is 0.463 e. The van der Waals surface area contributed by atoms with E-state index in [0.29, 0.717) is 44.6 Å². The van der Waals surface area contributed by atoms with Gasteiger partial charge in [0.05, 0.1) is 23.6 Å². The van der Waals surface area contributed by atoms with E-state index < -0.39 is 0 Å². The van der Waals surface area contributed by atoms with E-state index in [-0.39, 0.29) is 5.91 Å². The number of nitrogens with one attached hydrogen (secondary N) is 1. The zero-order chi connectivity index (χ0) is 18.9. The first kappa shape index (κ1) is 16.4. The van der Waals surface area contributed by atoms with Crippen LogP contribution in [0.2, 0.25) is 0 Å². The Hall–Kier alpha value is -3.78. The molecule has 0 fully saturated rings. The van der Waals surface area contributed by atoms with Gasteiger partial charge in [-0.05, 0) is 42.5 Å². The first-order chi connectivity index (χ1) is 13.8. The van der Waals surface area contributed by atoms with Gasteiger partial charge >= 0.3 is 0 Å². The topological polar surface area (TPSA) is 94.1 Å². The number of hydrogen-bond donors (Lipinski definition) is 1. The Morgan fingerprint density at radius 2 is 1.64 bits per heavy atom. The number of thiazole rings is 1. The van der Waals surface area contributed by atoms with Gasteiger partial charge in [0.2, 0.25) is 0 Å². The van der Waals surface area contributed by atoms with Crippen molar-refractivity contribution in [2.24, 2.45) is 0 Å².